The number of hydrogen-bond donors (Lipinski definition) is 7. The molecule has 2 unspecified atom stereocenters. The van der Waals surface area contributed by atoms with Gasteiger partial charge in [0, 0.05) is 65.3 Å². The largest absolute Gasteiger partial charge is 0.508 e. The van der Waals surface area contributed by atoms with Crippen LogP contribution in [0.4, 0.5) is 17.8 Å². The predicted molar refractivity (Wildman–Crippen MR) is 258 cm³/mol. The molecule has 2 amide bonds. The molecule has 2 aliphatic heterocycles. The van der Waals surface area contributed by atoms with Crippen LogP contribution in [0, 0.1) is 12.3 Å². The van der Waals surface area contributed by atoms with Crippen molar-refractivity contribution >= 4 is 35.6 Å². The van der Waals surface area contributed by atoms with Crippen molar-refractivity contribution in [2.45, 2.75) is 62.7 Å². The first-order chi connectivity index (χ1) is 34.5. The number of terminal acetylenes is 1. The number of hydrogen-bond acceptors (Lipinski definition) is 21. The lowest BCUT2D eigenvalue weighted by Crippen LogP contribution is -2.52. The molecule has 5 heterocycles. The van der Waals surface area contributed by atoms with Gasteiger partial charge in [-0.15, -0.1) is 16.6 Å². The SMILES string of the molecule is C#CCOCCOCCOCCNc1nc(N2CCN(C(=O)[C@H](CCCCN)n3cc(C(N)CO)nn3)CC2)nc(N2CCN(C(=O)[C@H](CCC(=O)O)n3cc(C(N)Cc4ccc(O)cc4)nn3)CC2)n1. The molecule has 2 fully saturated rings. The first-order valence-corrected chi connectivity index (χ1v) is 23.9. The number of aliphatic carboxylic acids is 1. The number of unbranched alkanes of at least 4 members (excludes halogenated alkanes) is 1. The Morgan fingerprint density at radius 3 is 1.80 bits per heavy atom. The van der Waals surface area contributed by atoms with E-state index < -0.39 is 30.1 Å². The third kappa shape index (κ3) is 16.0. The molecule has 4 aromatic rings. The van der Waals surface area contributed by atoms with Crippen LogP contribution in [0.1, 0.15) is 73.2 Å². The number of phenols is 1. The molecule has 71 heavy (non-hydrogen) atoms. The summed E-state index contributed by atoms with van der Waals surface area (Å²) in [6.45, 7) is 5.54. The predicted octanol–water partition coefficient (Wildman–Crippen LogP) is -1.14. The second-order valence-corrected chi connectivity index (χ2v) is 17.1. The number of nitrogens with one attached hydrogen (secondary N) is 1. The topological polar surface area (TPSA) is 343 Å². The number of carboxylic acids is 1. The van der Waals surface area contributed by atoms with Gasteiger partial charge in [-0.3, -0.25) is 14.4 Å². The first-order valence-electron chi connectivity index (χ1n) is 23.9. The zero-order valence-corrected chi connectivity index (χ0v) is 40.0. The van der Waals surface area contributed by atoms with Crippen molar-refractivity contribution in [3.8, 4) is 18.1 Å². The van der Waals surface area contributed by atoms with Crippen LogP contribution in [0.25, 0.3) is 0 Å². The van der Waals surface area contributed by atoms with Crippen molar-refractivity contribution in [2.75, 3.05) is 127 Å². The Labute approximate surface area is 411 Å². The fourth-order valence-electron chi connectivity index (χ4n) is 7.99. The van der Waals surface area contributed by atoms with E-state index in [-0.39, 0.29) is 56.7 Å². The number of rotatable bonds is 29. The fraction of sp³-hybridized carbons (Fsp3) is 0.600. The standard InChI is InChI=1S/C45H67N17O9/c1-2-22-69-24-26-71-27-25-70-23-13-49-43-50-44(59-18-14-57(15-19-59)41(67)38(5-3-4-12-46)61-30-37(54-56-61)35(48)31-63)52-45(51-43)60-20-16-58(17-21-60)42(68)39(10-11-40(65)66)62-29-36(53-55-62)34(47)28-32-6-8-33(64)9-7-32/h1,6-9,29-30,34-35,38-39,63-64H,3-5,10-28,31,46-48H2,(H,65,66)(H,49,50,51,52)/t34?,35?,38-,39-/m0/s1. The van der Waals surface area contributed by atoms with Gasteiger partial charge in [0.05, 0.1) is 69.8 Å². The number of piperazine rings is 2. The lowest BCUT2D eigenvalue weighted by atomic mass is 10.0. The van der Waals surface area contributed by atoms with E-state index in [0.717, 1.165) is 12.0 Å². The number of aromatic nitrogens is 9. The highest BCUT2D eigenvalue weighted by Crippen LogP contribution is 2.25. The number of aliphatic hydroxyl groups excluding tert-OH is 1. The fourth-order valence-corrected chi connectivity index (χ4v) is 7.99. The number of aliphatic hydroxyl groups is 1. The molecule has 386 valence electrons. The van der Waals surface area contributed by atoms with Crippen LogP contribution in [0.3, 0.4) is 0 Å². The molecule has 3 aromatic heterocycles. The van der Waals surface area contributed by atoms with Crippen molar-refractivity contribution < 1.29 is 43.9 Å². The molecular weight excluding hydrogens is 923 g/mol. The molecular formula is C45H67N17O9. The highest BCUT2D eigenvalue weighted by molar-refractivity contribution is 5.81. The van der Waals surface area contributed by atoms with Gasteiger partial charge in [-0.2, -0.15) is 15.0 Å². The smallest absolute Gasteiger partial charge is 0.303 e. The summed E-state index contributed by atoms with van der Waals surface area (Å²) in [6, 6.07) is 3.81. The molecule has 0 bridgehead atoms. The van der Waals surface area contributed by atoms with E-state index in [2.05, 4.69) is 31.9 Å². The highest BCUT2D eigenvalue weighted by Gasteiger charge is 2.34. The Balaban J connectivity index is 1.11. The third-order valence-electron chi connectivity index (χ3n) is 12.0. The van der Waals surface area contributed by atoms with Crippen LogP contribution in [0.5, 0.6) is 5.75 Å². The maximum atomic E-state index is 14.2. The first kappa shape index (κ1) is 53.7. The summed E-state index contributed by atoms with van der Waals surface area (Å²) < 4.78 is 19.4. The number of carbonyl (C=O) groups excluding carboxylic acids is 2. The van der Waals surface area contributed by atoms with Crippen LogP contribution in [-0.4, -0.2) is 200 Å². The van der Waals surface area contributed by atoms with Crippen molar-refractivity contribution in [1.82, 2.24) is 54.7 Å². The zero-order valence-electron chi connectivity index (χ0n) is 40.0. The van der Waals surface area contributed by atoms with Crippen LogP contribution < -0.4 is 32.3 Å². The Kier molecular flexibility index (Phi) is 21.0. The minimum Gasteiger partial charge on any atom is -0.508 e. The minimum atomic E-state index is -1.05. The Bertz CT molecular complexity index is 2310. The van der Waals surface area contributed by atoms with Crippen LogP contribution in [-0.2, 0) is 35.0 Å². The maximum Gasteiger partial charge on any atom is 0.303 e. The Morgan fingerprint density at radius 2 is 1.27 bits per heavy atom. The average molecular weight is 990 g/mol. The molecule has 0 saturated carbocycles. The van der Waals surface area contributed by atoms with E-state index in [1.54, 1.807) is 46.5 Å². The lowest BCUT2D eigenvalue weighted by Gasteiger charge is -2.38. The van der Waals surface area contributed by atoms with E-state index in [4.69, 9.17) is 52.8 Å². The monoisotopic (exact) mass is 990 g/mol. The van der Waals surface area contributed by atoms with E-state index in [9.17, 15) is 29.7 Å². The number of nitrogens with two attached hydrogens (primary N) is 3. The summed E-state index contributed by atoms with van der Waals surface area (Å²) >= 11 is 0. The van der Waals surface area contributed by atoms with Crippen molar-refractivity contribution in [3.05, 3.63) is 53.6 Å². The minimum absolute atomic E-state index is 0.0103. The summed E-state index contributed by atoms with van der Waals surface area (Å²) in [7, 11) is 0. The summed E-state index contributed by atoms with van der Waals surface area (Å²) in [5.74, 6) is 2.18. The number of anilines is 3. The highest BCUT2D eigenvalue weighted by atomic mass is 16.5. The van der Waals surface area contributed by atoms with Gasteiger partial charge in [-0.1, -0.05) is 28.5 Å². The maximum absolute atomic E-state index is 14.2. The number of aromatic hydroxyl groups is 1. The molecule has 0 spiro atoms. The number of carboxylic acid groups (broad SMARTS) is 1. The van der Waals surface area contributed by atoms with E-state index >= 15 is 0 Å². The quantitative estimate of drug-likeness (QED) is 0.0250. The van der Waals surface area contributed by atoms with E-state index in [0.29, 0.717) is 134 Å². The second kappa shape index (κ2) is 27.7. The molecule has 0 radical (unpaired) electrons. The second-order valence-electron chi connectivity index (χ2n) is 17.1. The van der Waals surface area contributed by atoms with Crippen LogP contribution in [0.2, 0.25) is 0 Å². The number of amides is 2. The van der Waals surface area contributed by atoms with Gasteiger partial charge in [-0.25, -0.2) is 9.36 Å². The van der Waals surface area contributed by atoms with Crippen molar-refractivity contribution in [2.24, 2.45) is 17.2 Å². The molecule has 0 aliphatic carbocycles. The number of benzene rings is 1. The van der Waals surface area contributed by atoms with Gasteiger partial charge in [0.2, 0.25) is 29.7 Å². The summed E-state index contributed by atoms with van der Waals surface area (Å²) in [6.07, 6.45) is 10.5. The molecule has 4 atom stereocenters. The van der Waals surface area contributed by atoms with Crippen LogP contribution in [0.15, 0.2) is 36.7 Å². The lowest BCUT2D eigenvalue weighted by molar-refractivity contribution is -0.139. The molecule has 1 aromatic carbocycles. The van der Waals surface area contributed by atoms with Gasteiger partial charge in [0.25, 0.3) is 0 Å². The van der Waals surface area contributed by atoms with Crippen molar-refractivity contribution in [1.29, 1.82) is 0 Å². The van der Waals surface area contributed by atoms with Crippen molar-refractivity contribution in [3.63, 3.8) is 0 Å². The molecule has 2 saturated heterocycles. The van der Waals surface area contributed by atoms with E-state index in [1.807, 2.05) is 9.80 Å². The average Bonchev–Trinajstić information content (AvgIpc) is 4.09. The van der Waals surface area contributed by atoms with Gasteiger partial charge in [-0.05, 0) is 56.3 Å². The number of carbonyl (C=O) groups is 3. The number of phenolic OH excluding ortho intramolecular Hbond substituents is 1. The zero-order chi connectivity index (χ0) is 50.5. The van der Waals surface area contributed by atoms with E-state index in [1.165, 1.54) is 9.36 Å². The molecule has 26 heteroatoms. The molecule has 26 nitrogen and oxygen atoms in total. The Morgan fingerprint density at radius 1 is 0.732 bits per heavy atom. The van der Waals surface area contributed by atoms with Gasteiger partial charge in [0.15, 0.2) is 0 Å². The summed E-state index contributed by atoms with van der Waals surface area (Å²) in [5, 5.41) is 48.8. The van der Waals surface area contributed by atoms with Gasteiger partial charge in [0.1, 0.15) is 30.1 Å². The van der Waals surface area contributed by atoms with Gasteiger partial charge < -0.3 is 71.6 Å². The number of nitrogens with zero attached hydrogens (tertiary/aromatic N) is 13. The third-order valence-corrected chi connectivity index (χ3v) is 12.0. The normalized spacial score (nSPS) is 15.8. The van der Waals surface area contributed by atoms with Crippen LogP contribution >= 0.6 is 0 Å². The molecule has 2 aliphatic rings. The number of ether oxygens (including phenoxy) is 3. The Hall–Kier alpha value is -6.60. The molecule has 10 N–H and O–H groups in total. The summed E-state index contributed by atoms with van der Waals surface area (Å²) in [5.41, 5.74) is 19.9. The van der Waals surface area contributed by atoms with Gasteiger partial charge >= 0.3 is 5.97 Å². The summed E-state index contributed by atoms with van der Waals surface area (Å²) in [4.78, 5) is 61.9. The molecule has 6 rings (SSSR count).